The fourth-order valence-corrected chi connectivity index (χ4v) is 0.726. The maximum Gasteiger partial charge on any atom is 0.573 e. The zero-order valence-corrected chi connectivity index (χ0v) is 6.77. The van der Waals surface area contributed by atoms with Crippen molar-refractivity contribution in [2.45, 2.75) is 6.36 Å². The van der Waals surface area contributed by atoms with Crippen molar-refractivity contribution < 1.29 is 26.7 Å². The molecule has 0 saturated carbocycles. The van der Waals surface area contributed by atoms with Crippen molar-refractivity contribution >= 4 is 0 Å². The molecule has 15 heavy (non-hydrogen) atoms. The molecule has 0 bridgehead atoms. The first kappa shape index (κ1) is 11.2. The summed E-state index contributed by atoms with van der Waals surface area (Å²) in [6.07, 6.45) is -5.13. The van der Waals surface area contributed by atoms with Crippen molar-refractivity contribution in [2.24, 2.45) is 0 Å². The molecule has 80 valence electrons. The van der Waals surface area contributed by atoms with Crippen molar-refractivity contribution in [3.05, 3.63) is 23.5 Å². The number of hydrogen-bond donors (Lipinski definition) is 0. The first-order valence-electron chi connectivity index (χ1n) is 3.35. The van der Waals surface area contributed by atoms with Crippen molar-refractivity contribution in [3.8, 4) is 11.8 Å². The molecule has 8 heteroatoms. The van der Waals surface area contributed by atoms with Crippen LogP contribution in [-0.4, -0.2) is 11.3 Å². The Bertz CT molecular complexity index is 423. The summed E-state index contributed by atoms with van der Waals surface area (Å²) in [7, 11) is 0. The smallest absolute Gasteiger partial charge is 0.401 e. The monoisotopic (exact) mass is 224 g/mol. The molecule has 1 heterocycles. The molecule has 1 aromatic heterocycles. The predicted octanol–water partition coefficient (Wildman–Crippen LogP) is 2.13. The number of nitriles is 1. The molecule has 3 nitrogen and oxygen atoms in total. The van der Waals surface area contributed by atoms with Gasteiger partial charge < -0.3 is 4.74 Å². The lowest BCUT2D eigenvalue weighted by molar-refractivity contribution is -0.275. The summed E-state index contributed by atoms with van der Waals surface area (Å²) in [6, 6.07) is 1.48. The van der Waals surface area contributed by atoms with Crippen LogP contribution < -0.4 is 4.74 Å². The van der Waals surface area contributed by atoms with Gasteiger partial charge in [0.25, 0.3) is 5.95 Å². The van der Waals surface area contributed by atoms with Crippen LogP contribution in [0.25, 0.3) is 0 Å². The zero-order valence-electron chi connectivity index (χ0n) is 6.77. The highest BCUT2D eigenvalue weighted by molar-refractivity contribution is 5.34. The van der Waals surface area contributed by atoms with Crippen LogP contribution in [0.4, 0.5) is 22.0 Å². The van der Waals surface area contributed by atoms with Crippen molar-refractivity contribution in [1.82, 2.24) is 4.98 Å². The number of halogens is 5. The van der Waals surface area contributed by atoms with Gasteiger partial charge in [0.15, 0.2) is 5.75 Å². The molecule has 0 amide bonds. The highest BCUT2D eigenvalue weighted by Gasteiger charge is 2.33. The predicted molar refractivity (Wildman–Crippen MR) is 35.6 cm³/mol. The Morgan fingerprint density at radius 3 is 2.33 bits per heavy atom. The molecule has 0 aromatic carbocycles. The van der Waals surface area contributed by atoms with Crippen LogP contribution in [0.2, 0.25) is 0 Å². The Hall–Kier alpha value is -1.91. The molecule has 0 atom stereocenters. The van der Waals surface area contributed by atoms with E-state index in [9.17, 15) is 22.0 Å². The Morgan fingerprint density at radius 2 is 1.87 bits per heavy atom. The number of pyridine rings is 1. The third-order valence-electron chi connectivity index (χ3n) is 1.24. The second kappa shape index (κ2) is 3.68. The van der Waals surface area contributed by atoms with Crippen molar-refractivity contribution in [1.29, 1.82) is 5.26 Å². The van der Waals surface area contributed by atoms with E-state index >= 15 is 0 Å². The van der Waals surface area contributed by atoms with Gasteiger partial charge in [0.05, 0.1) is 0 Å². The molecule has 0 fully saturated rings. The molecular weight excluding hydrogens is 223 g/mol. The zero-order chi connectivity index (χ0) is 11.6. The van der Waals surface area contributed by atoms with Crippen LogP contribution in [0.15, 0.2) is 6.07 Å². The van der Waals surface area contributed by atoms with Gasteiger partial charge in [-0.1, -0.05) is 0 Å². The molecule has 0 aliphatic heterocycles. The second-order valence-electron chi connectivity index (χ2n) is 2.28. The van der Waals surface area contributed by atoms with Gasteiger partial charge in [-0.3, -0.25) is 0 Å². The number of nitrogens with zero attached hydrogens (tertiary/aromatic N) is 2. The summed E-state index contributed by atoms with van der Waals surface area (Å²) in [4.78, 5) is 2.45. The molecule has 1 aromatic rings. The molecule has 0 unspecified atom stereocenters. The molecule has 0 N–H and O–H groups in total. The van der Waals surface area contributed by atoms with Gasteiger partial charge in [-0.2, -0.15) is 19.0 Å². The van der Waals surface area contributed by atoms with Gasteiger partial charge in [-0.15, -0.1) is 13.2 Å². The Balaban J connectivity index is 3.15. The van der Waals surface area contributed by atoms with E-state index in [1.54, 1.807) is 0 Å². The van der Waals surface area contributed by atoms with Gasteiger partial charge in [0.1, 0.15) is 11.6 Å². The van der Waals surface area contributed by atoms with Crippen LogP contribution in [0, 0.1) is 23.2 Å². The van der Waals surface area contributed by atoms with E-state index in [0.717, 1.165) is 0 Å². The quantitative estimate of drug-likeness (QED) is 0.542. The van der Waals surface area contributed by atoms with Crippen LogP contribution in [0.5, 0.6) is 5.75 Å². The molecule has 0 aliphatic rings. The fraction of sp³-hybridized carbons (Fsp3) is 0.143. The second-order valence-corrected chi connectivity index (χ2v) is 2.28. The molecule has 1 rings (SSSR count). The summed E-state index contributed by atoms with van der Waals surface area (Å²) < 4.78 is 63.3. The first-order chi connectivity index (χ1) is 6.83. The summed E-state index contributed by atoms with van der Waals surface area (Å²) in [6.45, 7) is 0. The molecule has 0 saturated heterocycles. The fourth-order valence-electron chi connectivity index (χ4n) is 0.726. The number of rotatable bonds is 1. The normalized spacial score (nSPS) is 10.9. The topological polar surface area (TPSA) is 45.9 Å². The standard InChI is InChI=1S/C7HF5N2O/c8-5-3(2-13)1-4(6(9)14-5)15-7(10,11)12/h1H. The Labute approximate surface area is 79.7 Å². The van der Waals surface area contributed by atoms with E-state index in [1.165, 1.54) is 6.07 Å². The van der Waals surface area contributed by atoms with Gasteiger partial charge in [0, 0.05) is 6.07 Å². The molecule has 0 radical (unpaired) electrons. The minimum atomic E-state index is -5.13. The average Bonchev–Trinajstić information content (AvgIpc) is 2.07. The van der Waals surface area contributed by atoms with Gasteiger partial charge >= 0.3 is 6.36 Å². The van der Waals surface area contributed by atoms with Crippen LogP contribution in [-0.2, 0) is 0 Å². The Kier molecular flexibility index (Phi) is 2.74. The SMILES string of the molecule is N#Cc1cc(OC(F)(F)F)c(F)nc1F. The molecular formula is C7HF5N2O. The van der Waals surface area contributed by atoms with Crippen LogP contribution in [0.3, 0.4) is 0 Å². The highest BCUT2D eigenvalue weighted by atomic mass is 19.4. The minimum absolute atomic E-state index is 0.283. The van der Waals surface area contributed by atoms with E-state index in [-0.39, 0.29) is 6.07 Å². The van der Waals surface area contributed by atoms with E-state index in [0.29, 0.717) is 0 Å². The minimum Gasteiger partial charge on any atom is -0.401 e. The lowest BCUT2D eigenvalue weighted by Gasteiger charge is -2.08. The van der Waals surface area contributed by atoms with Gasteiger partial charge in [-0.25, -0.2) is 0 Å². The van der Waals surface area contributed by atoms with Crippen LogP contribution in [0.1, 0.15) is 5.56 Å². The maximum absolute atomic E-state index is 12.6. The largest absolute Gasteiger partial charge is 0.573 e. The van der Waals surface area contributed by atoms with E-state index < -0.39 is 29.6 Å². The summed E-state index contributed by atoms with van der Waals surface area (Å²) in [5.74, 6) is -4.62. The number of ether oxygens (including phenoxy) is 1. The van der Waals surface area contributed by atoms with Crippen molar-refractivity contribution in [3.63, 3.8) is 0 Å². The summed E-state index contributed by atoms with van der Waals surface area (Å²) >= 11 is 0. The number of alkyl halides is 3. The number of hydrogen-bond acceptors (Lipinski definition) is 3. The van der Waals surface area contributed by atoms with Crippen LogP contribution >= 0.6 is 0 Å². The summed E-state index contributed by atoms with van der Waals surface area (Å²) in [5.41, 5.74) is -0.837. The maximum atomic E-state index is 12.6. The first-order valence-corrected chi connectivity index (χ1v) is 3.35. The molecule has 0 aliphatic carbocycles. The highest BCUT2D eigenvalue weighted by Crippen LogP contribution is 2.25. The van der Waals surface area contributed by atoms with E-state index in [1.807, 2.05) is 0 Å². The van der Waals surface area contributed by atoms with Gasteiger partial charge in [-0.05, 0) is 0 Å². The summed E-state index contributed by atoms with van der Waals surface area (Å²) in [5, 5.41) is 8.24. The lowest BCUT2D eigenvalue weighted by atomic mass is 10.3. The van der Waals surface area contributed by atoms with E-state index in [2.05, 4.69) is 9.72 Å². The van der Waals surface area contributed by atoms with Gasteiger partial charge in [0.2, 0.25) is 5.95 Å². The van der Waals surface area contributed by atoms with Crippen molar-refractivity contribution in [2.75, 3.05) is 0 Å². The van der Waals surface area contributed by atoms with E-state index in [4.69, 9.17) is 5.26 Å². The average molecular weight is 224 g/mol. The Morgan fingerprint density at radius 1 is 1.27 bits per heavy atom. The lowest BCUT2D eigenvalue weighted by Crippen LogP contribution is -2.18. The number of aromatic nitrogens is 1. The third-order valence-corrected chi connectivity index (χ3v) is 1.24. The molecule has 0 spiro atoms. The third kappa shape index (κ3) is 2.77.